The molecule has 0 aliphatic carbocycles. The molecule has 0 saturated heterocycles. The van der Waals surface area contributed by atoms with Crippen molar-refractivity contribution in [3.63, 3.8) is 0 Å². The second-order valence-corrected chi connectivity index (χ2v) is 26.8. The average molecular weight is 557 g/mol. The molecule has 0 nitrogen and oxygen atoms in total. The van der Waals surface area contributed by atoms with E-state index in [4.69, 9.17) is 34.8 Å². The molecule has 0 heterocycles. The van der Waals surface area contributed by atoms with Crippen LogP contribution in [0.1, 0.15) is 0 Å². The SMILES string of the molecule is Cl[C](Cl)(Cl)[Pb]([c]1ccccc1)([c]1ccccc1)[c]1ccccc1. The van der Waals surface area contributed by atoms with E-state index in [2.05, 4.69) is 36.4 Å². The summed E-state index contributed by atoms with van der Waals surface area (Å²) >= 11 is 16.1. The van der Waals surface area contributed by atoms with Crippen LogP contribution in [0, 0.1) is 0 Å². The van der Waals surface area contributed by atoms with Crippen LogP contribution in [0.25, 0.3) is 0 Å². The first-order chi connectivity index (χ1) is 11.1. The minimum absolute atomic E-state index is 1.16. The van der Waals surface area contributed by atoms with Gasteiger partial charge in [0.2, 0.25) is 0 Å². The van der Waals surface area contributed by atoms with Gasteiger partial charge in [-0.1, -0.05) is 0 Å². The molecule has 0 spiro atoms. The maximum atomic E-state index is 6.69. The summed E-state index contributed by atoms with van der Waals surface area (Å²) in [7, 11) is 0. The fraction of sp³-hybridized carbons (Fsp3) is 0.0526. The summed E-state index contributed by atoms with van der Waals surface area (Å²) in [5.41, 5.74) is 0. The summed E-state index contributed by atoms with van der Waals surface area (Å²) < 4.78 is 2.16. The Kier molecular flexibility index (Phi) is 5.36. The molecule has 23 heavy (non-hydrogen) atoms. The molecule has 0 radical (unpaired) electrons. The first kappa shape index (κ1) is 17.3. The van der Waals surface area contributed by atoms with Gasteiger partial charge in [0, 0.05) is 0 Å². The molecule has 0 aliphatic rings. The van der Waals surface area contributed by atoms with E-state index in [1.165, 1.54) is 0 Å². The maximum absolute atomic E-state index is 6.69. The molecular formula is C19H15Cl3Pb. The number of rotatable bonds is 3. The van der Waals surface area contributed by atoms with E-state index < -0.39 is 22.5 Å². The van der Waals surface area contributed by atoms with Crippen LogP contribution in [0.4, 0.5) is 0 Å². The zero-order chi connectivity index (χ0) is 16.3. The fourth-order valence-corrected chi connectivity index (χ4v) is 27.5. The number of halogens is 3. The summed E-state index contributed by atoms with van der Waals surface area (Å²) in [6.07, 6.45) is 0. The predicted molar refractivity (Wildman–Crippen MR) is 104 cm³/mol. The Hall–Kier alpha value is -0.548. The summed E-state index contributed by atoms with van der Waals surface area (Å²) in [6, 6.07) is 30.7. The van der Waals surface area contributed by atoms with Gasteiger partial charge in [0.15, 0.2) is 0 Å². The van der Waals surface area contributed by atoms with E-state index in [1.54, 1.807) is 0 Å². The van der Waals surface area contributed by atoms with E-state index >= 15 is 0 Å². The van der Waals surface area contributed by atoms with Crippen molar-refractivity contribution >= 4 is 65.3 Å². The predicted octanol–water partition coefficient (Wildman–Crippen LogP) is 4.07. The van der Waals surface area contributed by atoms with E-state index in [9.17, 15) is 0 Å². The van der Waals surface area contributed by atoms with Crippen molar-refractivity contribution in [3.05, 3.63) is 91.0 Å². The Morgan fingerprint density at radius 3 is 0.957 bits per heavy atom. The van der Waals surface area contributed by atoms with Crippen LogP contribution in [0.5, 0.6) is 0 Å². The van der Waals surface area contributed by atoms with Gasteiger partial charge < -0.3 is 0 Å². The normalized spacial score (nSPS) is 12.1. The van der Waals surface area contributed by atoms with Gasteiger partial charge >= 0.3 is 158 Å². The van der Waals surface area contributed by atoms with Gasteiger partial charge in [-0.05, 0) is 0 Å². The second-order valence-electron chi connectivity index (χ2n) is 5.35. The van der Waals surface area contributed by atoms with Crippen molar-refractivity contribution < 1.29 is 0 Å². The zero-order valence-corrected chi connectivity index (χ0v) is 18.4. The third-order valence-corrected chi connectivity index (χ3v) is 28.8. The van der Waals surface area contributed by atoms with Crippen LogP contribution in [0.15, 0.2) is 91.0 Å². The van der Waals surface area contributed by atoms with Crippen molar-refractivity contribution in [2.24, 2.45) is 0 Å². The summed E-state index contributed by atoms with van der Waals surface area (Å²) in [5.74, 6) is 0. The van der Waals surface area contributed by atoms with Gasteiger partial charge in [-0.15, -0.1) is 0 Å². The van der Waals surface area contributed by atoms with Gasteiger partial charge in [0.25, 0.3) is 0 Å². The number of alkyl halides is 3. The fourth-order valence-electron chi connectivity index (χ4n) is 3.06. The van der Waals surface area contributed by atoms with Crippen LogP contribution in [-0.2, 0) is 0 Å². The van der Waals surface area contributed by atoms with Crippen LogP contribution in [-0.4, -0.2) is 22.5 Å². The monoisotopic (exact) mass is 556 g/mol. The Morgan fingerprint density at radius 1 is 0.478 bits per heavy atom. The Bertz CT molecular complexity index is 656. The molecule has 0 aliphatic heterocycles. The molecule has 4 heteroatoms. The molecule has 0 amide bonds. The molecule has 0 fully saturated rings. The average Bonchev–Trinajstić information content (AvgIpc) is 2.57. The molecule has 0 bridgehead atoms. The molecule has 3 aromatic carbocycles. The third-order valence-electron chi connectivity index (χ3n) is 4.05. The summed E-state index contributed by atoms with van der Waals surface area (Å²) in [6.45, 7) is 0. The Labute approximate surface area is 156 Å². The minimum atomic E-state index is -3.99. The molecule has 0 N–H and O–H groups in total. The van der Waals surface area contributed by atoms with Gasteiger partial charge in [-0.3, -0.25) is 0 Å². The van der Waals surface area contributed by atoms with Crippen molar-refractivity contribution in [1.82, 2.24) is 0 Å². The molecular weight excluding hydrogens is 542 g/mol. The van der Waals surface area contributed by atoms with Crippen LogP contribution < -0.4 is 9.37 Å². The van der Waals surface area contributed by atoms with E-state index in [1.807, 2.05) is 54.6 Å². The molecule has 0 atom stereocenters. The van der Waals surface area contributed by atoms with Gasteiger partial charge in [-0.2, -0.15) is 0 Å². The Morgan fingerprint density at radius 2 is 0.739 bits per heavy atom. The molecule has 3 aromatic rings. The van der Waals surface area contributed by atoms with Crippen LogP contribution >= 0.6 is 34.8 Å². The van der Waals surface area contributed by atoms with Gasteiger partial charge in [0.05, 0.1) is 0 Å². The first-order valence-corrected chi connectivity index (χ1v) is 16.2. The topological polar surface area (TPSA) is 0 Å². The van der Waals surface area contributed by atoms with E-state index in [0.29, 0.717) is 0 Å². The van der Waals surface area contributed by atoms with E-state index in [-0.39, 0.29) is 0 Å². The molecule has 0 unspecified atom stereocenters. The van der Waals surface area contributed by atoms with Gasteiger partial charge in [0.1, 0.15) is 0 Å². The number of benzene rings is 3. The summed E-state index contributed by atoms with van der Waals surface area (Å²) in [5, 5.41) is 0. The third kappa shape index (κ3) is 3.19. The van der Waals surface area contributed by atoms with Crippen molar-refractivity contribution in [3.8, 4) is 0 Å². The van der Waals surface area contributed by atoms with Crippen molar-refractivity contribution in [2.75, 3.05) is 0 Å². The quantitative estimate of drug-likeness (QED) is 0.337. The van der Waals surface area contributed by atoms with Crippen LogP contribution in [0.2, 0.25) is 0 Å². The number of hydrogen-bond donors (Lipinski definition) is 0. The first-order valence-electron chi connectivity index (χ1n) is 7.30. The van der Waals surface area contributed by atoms with Crippen molar-refractivity contribution in [1.29, 1.82) is 0 Å². The Balaban J connectivity index is 2.41. The molecule has 0 aromatic heterocycles. The summed E-state index contributed by atoms with van der Waals surface area (Å²) in [4.78, 5) is 0. The zero-order valence-electron chi connectivity index (χ0n) is 12.3. The standard InChI is InChI=1S/3C6H5.CCl3.Pb/c3*1-2-4-6-5-3-1;2-1(3)4;/h3*1-5H;;. The molecule has 3 rings (SSSR count). The number of hydrogen-bond acceptors (Lipinski definition) is 0. The van der Waals surface area contributed by atoms with E-state index in [0.717, 1.165) is 9.37 Å². The van der Waals surface area contributed by atoms with Crippen molar-refractivity contribution in [2.45, 2.75) is 1.35 Å². The van der Waals surface area contributed by atoms with Gasteiger partial charge in [-0.25, -0.2) is 0 Å². The second kappa shape index (κ2) is 7.14. The molecule has 0 saturated carbocycles. The molecule has 116 valence electrons. The van der Waals surface area contributed by atoms with Crippen LogP contribution in [0.3, 0.4) is 0 Å².